The maximum Gasteiger partial charge on any atom is 0.410 e. The number of carbonyl (C=O) groups is 1. The van der Waals surface area contributed by atoms with Gasteiger partial charge < -0.3 is 19.9 Å². The summed E-state index contributed by atoms with van der Waals surface area (Å²) in [6.45, 7) is 11.2. The standard InChI is InChI=1S/C19H24FN3O2.C2H6/c1-19(2,3)25-18(24)23-7-6-15-17(23)14(10-21-15)13-9-22-16-8-11(20)4-5-12(13)16;1-2/h4-5,8-9,14-15,17,21-22H,6-7,10H2,1-3H3;1-2H3/t14?,15-,17-;/m1./s1. The molecule has 3 atom stereocenters. The number of amides is 1. The molecular formula is C21H30FN3O2. The Morgan fingerprint density at radius 1 is 1.30 bits per heavy atom. The van der Waals surface area contributed by atoms with Crippen molar-refractivity contribution in [1.82, 2.24) is 15.2 Å². The molecule has 1 unspecified atom stereocenters. The summed E-state index contributed by atoms with van der Waals surface area (Å²) in [5.41, 5.74) is 1.42. The number of hydrogen-bond acceptors (Lipinski definition) is 3. The monoisotopic (exact) mass is 375 g/mol. The predicted octanol–water partition coefficient (Wildman–Crippen LogP) is 4.40. The fraction of sp³-hybridized carbons (Fsp3) is 0.571. The van der Waals surface area contributed by atoms with Gasteiger partial charge in [-0.25, -0.2) is 9.18 Å². The number of fused-ring (bicyclic) bond motifs is 2. The molecule has 2 aliphatic heterocycles. The Hall–Kier alpha value is -2.08. The molecule has 148 valence electrons. The molecule has 2 fully saturated rings. The minimum absolute atomic E-state index is 0.0684. The summed E-state index contributed by atoms with van der Waals surface area (Å²) in [5, 5.41) is 4.56. The first kappa shape index (κ1) is 19.7. The largest absolute Gasteiger partial charge is 0.444 e. The number of aromatic nitrogens is 1. The topological polar surface area (TPSA) is 57.4 Å². The van der Waals surface area contributed by atoms with Crippen molar-refractivity contribution in [2.45, 2.75) is 64.6 Å². The normalized spacial score (nSPS) is 24.5. The zero-order valence-electron chi connectivity index (χ0n) is 16.8. The average Bonchev–Trinajstić information content (AvgIpc) is 3.28. The van der Waals surface area contributed by atoms with Gasteiger partial charge in [0.25, 0.3) is 0 Å². The number of rotatable bonds is 1. The first-order valence-electron chi connectivity index (χ1n) is 9.83. The number of hydrogen-bond donors (Lipinski definition) is 2. The Balaban J connectivity index is 0.00000102. The molecule has 4 rings (SSSR count). The van der Waals surface area contributed by atoms with E-state index < -0.39 is 5.60 Å². The van der Waals surface area contributed by atoms with E-state index in [-0.39, 0.29) is 29.9 Å². The predicted molar refractivity (Wildman–Crippen MR) is 105 cm³/mol. The average molecular weight is 375 g/mol. The third kappa shape index (κ3) is 3.81. The molecule has 0 radical (unpaired) electrons. The first-order valence-corrected chi connectivity index (χ1v) is 9.83. The van der Waals surface area contributed by atoms with Gasteiger partial charge in [0.15, 0.2) is 0 Å². The highest BCUT2D eigenvalue weighted by atomic mass is 19.1. The van der Waals surface area contributed by atoms with Crippen LogP contribution in [0.25, 0.3) is 10.9 Å². The fourth-order valence-electron chi connectivity index (χ4n) is 4.19. The van der Waals surface area contributed by atoms with E-state index in [1.807, 2.05) is 51.8 Å². The van der Waals surface area contributed by atoms with E-state index in [4.69, 9.17) is 4.74 Å². The van der Waals surface area contributed by atoms with Crippen LogP contribution in [0.4, 0.5) is 9.18 Å². The number of ether oxygens (including phenoxy) is 1. The number of benzene rings is 1. The lowest BCUT2D eigenvalue weighted by Crippen LogP contribution is -2.44. The number of likely N-dealkylation sites (tertiary alicyclic amines) is 1. The Morgan fingerprint density at radius 2 is 2.04 bits per heavy atom. The lowest BCUT2D eigenvalue weighted by Gasteiger charge is -2.31. The summed E-state index contributed by atoms with van der Waals surface area (Å²) in [4.78, 5) is 17.7. The van der Waals surface area contributed by atoms with Crippen molar-refractivity contribution >= 4 is 17.0 Å². The van der Waals surface area contributed by atoms with E-state index in [1.54, 1.807) is 0 Å². The molecule has 2 aromatic rings. The van der Waals surface area contributed by atoms with Crippen LogP contribution < -0.4 is 5.32 Å². The second-order valence-corrected chi connectivity index (χ2v) is 8.01. The number of H-pyrrole nitrogens is 1. The van der Waals surface area contributed by atoms with Crippen molar-refractivity contribution in [3.05, 3.63) is 35.8 Å². The lowest BCUT2D eigenvalue weighted by molar-refractivity contribution is 0.0215. The van der Waals surface area contributed by atoms with Gasteiger partial charge in [-0.05, 0) is 51.0 Å². The van der Waals surface area contributed by atoms with Crippen LogP contribution in [-0.2, 0) is 4.74 Å². The summed E-state index contributed by atoms with van der Waals surface area (Å²) in [6.07, 6.45) is 2.63. The fourth-order valence-corrected chi connectivity index (χ4v) is 4.19. The minimum atomic E-state index is -0.505. The third-order valence-corrected chi connectivity index (χ3v) is 5.17. The molecule has 6 heteroatoms. The maximum absolute atomic E-state index is 13.5. The van der Waals surface area contributed by atoms with Crippen LogP contribution in [0.3, 0.4) is 0 Å². The molecular weight excluding hydrogens is 345 g/mol. The zero-order chi connectivity index (χ0) is 19.8. The van der Waals surface area contributed by atoms with Crippen LogP contribution in [0.5, 0.6) is 0 Å². The summed E-state index contributed by atoms with van der Waals surface area (Å²) in [5.74, 6) is -0.0844. The van der Waals surface area contributed by atoms with Gasteiger partial charge in [-0.3, -0.25) is 0 Å². The van der Waals surface area contributed by atoms with Crippen molar-refractivity contribution in [1.29, 1.82) is 0 Å². The Bertz CT molecular complexity index is 811. The maximum atomic E-state index is 13.5. The highest BCUT2D eigenvalue weighted by Crippen LogP contribution is 2.39. The van der Waals surface area contributed by atoms with Crippen molar-refractivity contribution in [2.24, 2.45) is 0 Å². The molecule has 0 spiro atoms. The van der Waals surface area contributed by atoms with Crippen LogP contribution in [0.15, 0.2) is 24.4 Å². The van der Waals surface area contributed by atoms with E-state index in [1.165, 1.54) is 12.1 Å². The summed E-state index contributed by atoms with van der Waals surface area (Å²) in [7, 11) is 0. The van der Waals surface area contributed by atoms with Crippen LogP contribution in [0.1, 0.15) is 52.5 Å². The Kier molecular flexibility index (Phi) is 5.47. The van der Waals surface area contributed by atoms with Gasteiger partial charge in [-0.1, -0.05) is 13.8 Å². The zero-order valence-corrected chi connectivity index (χ0v) is 16.8. The molecule has 1 aromatic carbocycles. The van der Waals surface area contributed by atoms with Gasteiger partial charge in [-0.2, -0.15) is 0 Å². The van der Waals surface area contributed by atoms with E-state index >= 15 is 0 Å². The van der Waals surface area contributed by atoms with Gasteiger partial charge in [0.05, 0.1) is 6.04 Å². The van der Waals surface area contributed by atoms with E-state index in [0.29, 0.717) is 6.54 Å². The highest BCUT2D eigenvalue weighted by molar-refractivity contribution is 5.84. The van der Waals surface area contributed by atoms with Crippen LogP contribution >= 0.6 is 0 Å². The highest BCUT2D eigenvalue weighted by Gasteiger charge is 2.48. The second-order valence-electron chi connectivity index (χ2n) is 8.01. The van der Waals surface area contributed by atoms with Gasteiger partial charge in [0, 0.05) is 42.1 Å². The molecule has 0 aliphatic carbocycles. The van der Waals surface area contributed by atoms with E-state index in [2.05, 4.69) is 10.3 Å². The summed E-state index contributed by atoms with van der Waals surface area (Å²) in [6, 6.07) is 5.16. The molecule has 0 bridgehead atoms. The second kappa shape index (κ2) is 7.50. The number of nitrogens with zero attached hydrogens (tertiary/aromatic N) is 1. The van der Waals surface area contributed by atoms with Gasteiger partial charge in [-0.15, -0.1) is 0 Å². The van der Waals surface area contributed by atoms with E-state index in [0.717, 1.165) is 29.4 Å². The molecule has 2 aliphatic rings. The molecule has 1 amide bonds. The lowest BCUT2D eigenvalue weighted by atomic mass is 9.91. The van der Waals surface area contributed by atoms with Crippen molar-refractivity contribution in [2.75, 3.05) is 13.1 Å². The molecule has 5 nitrogen and oxygen atoms in total. The smallest absolute Gasteiger partial charge is 0.410 e. The van der Waals surface area contributed by atoms with Gasteiger partial charge in [0.2, 0.25) is 0 Å². The SMILES string of the molecule is CC.CC(C)(C)OC(=O)N1CC[C@H]2NCC(c3c[nH]c4cc(F)ccc34)[C@H]21. The van der Waals surface area contributed by atoms with Crippen molar-refractivity contribution in [3.8, 4) is 0 Å². The molecule has 2 saturated heterocycles. The Morgan fingerprint density at radius 3 is 2.74 bits per heavy atom. The Labute approximate surface area is 160 Å². The minimum Gasteiger partial charge on any atom is -0.444 e. The molecule has 1 aromatic heterocycles. The number of aromatic amines is 1. The van der Waals surface area contributed by atoms with Gasteiger partial charge >= 0.3 is 6.09 Å². The van der Waals surface area contributed by atoms with Crippen LogP contribution in [0, 0.1) is 5.82 Å². The molecule has 27 heavy (non-hydrogen) atoms. The quantitative estimate of drug-likeness (QED) is 0.777. The summed E-state index contributed by atoms with van der Waals surface area (Å²) < 4.78 is 19.1. The number of halogens is 1. The molecule has 2 N–H and O–H groups in total. The van der Waals surface area contributed by atoms with Crippen molar-refractivity contribution in [3.63, 3.8) is 0 Å². The van der Waals surface area contributed by atoms with Gasteiger partial charge in [0.1, 0.15) is 11.4 Å². The number of carbonyl (C=O) groups excluding carboxylic acids is 1. The molecule has 0 saturated carbocycles. The molecule has 3 heterocycles. The number of nitrogens with one attached hydrogen (secondary N) is 2. The van der Waals surface area contributed by atoms with Crippen LogP contribution in [0.2, 0.25) is 0 Å². The summed E-state index contributed by atoms with van der Waals surface area (Å²) >= 11 is 0. The third-order valence-electron chi connectivity index (χ3n) is 5.17. The van der Waals surface area contributed by atoms with E-state index in [9.17, 15) is 9.18 Å². The van der Waals surface area contributed by atoms with Crippen molar-refractivity contribution < 1.29 is 13.9 Å². The first-order chi connectivity index (χ1) is 12.8. The van der Waals surface area contributed by atoms with Crippen LogP contribution in [-0.4, -0.2) is 46.8 Å².